The van der Waals surface area contributed by atoms with Crippen LogP contribution in [0.3, 0.4) is 0 Å². The van der Waals surface area contributed by atoms with Crippen LogP contribution < -0.4 is 10.2 Å². The van der Waals surface area contributed by atoms with Crippen molar-refractivity contribution in [2.75, 3.05) is 36.5 Å². The third kappa shape index (κ3) is 4.90. The second-order valence-electron chi connectivity index (χ2n) is 6.53. The van der Waals surface area contributed by atoms with Crippen molar-refractivity contribution in [1.82, 2.24) is 0 Å². The standard InChI is InChI=1S/C16H21Cl3N2O2/c1-15(2,3)11-4-5-13(21-6-8-23-9-7-21)12(10-11)20-14(22)16(17,18)19/h4-5,10H,6-9H2,1-3H3,(H,20,22). The second-order valence-corrected chi connectivity index (χ2v) is 8.81. The SMILES string of the molecule is CC(C)(C)c1ccc(N2CCOCC2)c(NC(=O)C(Cl)(Cl)Cl)c1. The summed E-state index contributed by atoms with van der Waals surface area (Å²) in [6.07, 6.45) is 0. The minimum absolute atomic E-state index is 0.0526. The molecule has 1 N–H and O–H groups in total. The summed E-state index contributed by atoms with van der Waals surface area (Å²) in [4.78, 5) is 14.2. The molecule has 1 aromatic rings. The Balaban J connectivity index is 2.38. The maximum atomic E-state index is 12.1. The molecule has 1 aliphatic rings. The van der Waals surface area contributed by atoms with E-state index in [1.165, 1.54) is 0 Å². The number of hydrogen-bond donors (Lipinski definition) is 1. The van der Waals surface area contributed by atoms with Gasteiger partial charge in [-0.3, -0.25) is 4.79 Å². The molecule has 0 radical (unpaired) electrons. The van der Waals surface area contributed by atoms with E-state index in [0.717, 1.165) is 24.3 Å². The number of carbonyl (C=O) groups excluding carboxylic acids is 1. The van der Waals surface area contributed by atoms with Gasteiger partial charge >= 0.3 is 0 Å². The van der Waals surface area contributed by atoms with Crippen LogP contribution in [0.25, 0.3) is 0 Å². The number of anilines is 2. The van der Waals surface area contributed by atoms with E-state index in [2.05, 4.69) is 37.1 Å². The number of ether oxygens (including phenoxy) is 1. The van der Waals surface area contributed by atoms with Gasteiger partial charge in [-0.2, -0.15) is 0 Å². The first-order valence-electron chi connectivity index (χ1n) is 7.44. The Hall–Kier alpha value is -0.680. The number of morpholine rings is 1. The normalized spacial score (nSPS) is 16.3. The van der Waals surface area contributed by atoms with Gasteiger partial charge in [-0.15, -0.1) is 0 Å². The number of amides is 1. The van der Waals surface area contributed by atoms with E-state index in [0.29, 0.717) is 18.9 Å². The molecule has 1 fully saturated rings. The predicted octanol–water partition coefficient (Wildman–Crippen LogP) is 4.13. The number of halogens is 3. The van der Waals surface area contributed by atoms with Crippen molar-refractivity contribution >= 4 is 52.1 Å². The maximum absolute atomic E-state index is 12.1. The summed E-state index contributed by atoms with van der Waals surface area (Å²) in [7, 11) is 0. The van der Waals surface area contributed by atoms with Gasteiger partial charge in [-0.25, -0.2) is 0 Å². The van der Waals surface area contributed by atoms with Crippen LogP contribution in [0.2, 0.25) is 0 Å². The zero-order chi connectivity index (χ0) is 17.3. The molecule has 4 nitrogen and oxygen atoms in total. The maximum Gasteiger partial charge on any atom is 0.276 e. The first-order chi connectivity index (χ1) is 10.6. The van der Waals surface area contributed by atoms with E-state index in [-0.39, 0.29) is 5.41 Å². The van der Waals surface area contributed by atoms with Crippen molar-refractivity contribution in [3.63, 3.8) is 0 Å². The molecule has 2 rings (SSSR count). The summed E-state index contributed by atoms with van der Waals surface area (Å²) in [5.41, 5.74) is 2.59. The lowest BCUT2D eigenvalue weighted by atomic mass is 9.86. The van der Waals surface area contributed by atoms with Gasteiger partial charge < -0.3 is 15.0 Å². The van der Waals surface area contributed by atoms with Gasteiger partial charge in [-0.1, -0.05) is 61.6 Å². The van der Waals surface area contributed by atoms with Gasteiger partial charge in [0.25, 0.3) is 9.70 Å². The van der Waals surface area contributed by atoms with E-state index in [4.69, 9.17) is 39.5 Å². The Labute approximate surface area is 152 Å². The molecule has 1 saturated heterocycles. The summed E-state index contributed by atoms with van der Waals surface area (Å²) < 4.78 is 3.38. The monoisotopic (exact) mass is 378 g/mol. The first-order valence-corrected chi connectivity index (χ1v) is 8.58. The van der Waals surface area contributed by atoms with Gasteiger partial charge in [0, 0.05) is 13.1 Å². The van der Waals surface area contributed by atoms with Gasteiger partial charge in [-0.05, 0) is 23.1 Å². The van der Waals surface area contributed by atoms with Crippen molar-refractivity contribution in [3.8, 4) is 0 Å². The highest BCUT2D eigenvalue weighted by atomic mass is 35.6. The minimum atomic E-state index is -2.00. The van der Waals surface area contributed by atoms with Crippen LogP contribution >= 0.6 is 34.8 Å². The summed E-state index contributed by atoms with van der Waals surface area (Å²) in [5, 5.41) is 2.74. The summed E-state index contributed by atoms with van der Waals surface area (Å²) in [6, 6.07) is 6.01. The summed E-state index contributed by atoms with van der Waals surface area (Å²) in [5.74, 6) is -0.664. The fourth-order valence-electron chi connectivity index (χ4n) is 2.38. The van der Waals surface area contributed by atoms with Crippen LogP contribution in [-0.2, 0) is 14.9 Å². The van der Waals surface area contributed by atoms with Crippen LogP contribution in [0.4, 0.5) is 11.4 Å². The highest BCUT2D eigenvalue weighted by Gasteiger charge is 2.32. The van der Waals surface area contributed by atoms with Crippen LogP contribution in [0, 0.1) is 0 Å². The van der Waals surface area contributed by atoms with Crippen molar-refractivity contribution in [2.45, 2.75) is 30.0 Å². The van der Waals surface area contributed by atoms with Crippen LogP contribution in [-0.4, -0.2) is 36.0 Å². The fraction of sp³-hybridized carbons (Fsp3) is 0.562. The van der Waals surface area contributed by atoms with Gasteiger partial charge in [0.1, 0.15) is 0 Å². The number of hydrogen-bond acceptors (Lipinski definition) is 3. The second kappa shape index (κ2) is 7.06. The van der Waals surface area contributed by atoms with Crippen molar-refractivity contribution in [3.05, 3.63) is 23.8 Å². The molecule has 0 bridgehead atoms. The molecule has 1 heterocycles. The lowest BCUT2D eigenvalue weighted by Gasteiger charge is -2.32. The lowest BCUT2D eigenvalue weighted by molar-refractivity contribution is -0.115. The average molecular weight is 380 g/mol. The molecule has 128 valence electrons. The molecule has 1 amide bonds. The van der Waals surface area contributed by atoms with Crippen LogP contribution in [0.15, 0.2) is 18.2 Å². The molecule has 0 saturated carbocycles. The van der Waals surface area contributed by atoms with E-state index in [1.807, 2.05) is 12.1 Å². The highest BCUT2D eigenvalue weighted by molar-refractivity contribution is 6.76. The molecular weight excluding hydrogens is 359 g/mol. The van der Waals surface area contributed by atoms with E-state index in [9.17, 15) is 4.79 Å². The zero-order valence-corrected chi connectivity index (χ0v) is 15.7. The molecule has 1 aliphatic heterocycles. The number of carbonyl (C=O) groups is 1. The average Bonchev–Trinajstić information content (AvgIpc) is 2.46. The summed E-state index contributed by atoms with van der Waals surface area (Å²) in [6.45, 7) is 9.14. The van der Waals surface area contributed by atoms with Crippen molar-refractivity contribution < 1.29 is 9.53 Å². The van der Waals surface area contributed by atoms with Gasteiger partial charge in [0.15, 0.2) is 0 Å². The summed E-state index contributed by atoms with van der Waals surface area (Å²) >= 11 is 17.1. The molecule has 1 aromatic carbocycles. The van der Waals surface area contributed by atoms with Crippen LogP contribution in [0.5, 0.6) is 0 Å². The number of nitrogens with one attached hydrogen (secondary N) is 1. The minimum Gasteiger partial charge on any atom is -0.378 e. The Morgan fingerprint density at radius 1 is 1.17 bits per heavy atom. The Morgan fingerprint density at radius 2 is 1.78 bits per heavy atom. The number of rotatable bonds is 2. The number of alkyl halides is 3. The molecular formula is C16H21Cl3N2O2. The third-order valence-electron chi connectivity index (χ3n) is 3.72. The molecule has 0 unspecified atom stereocenters. The Kier molecular flexibility index (Phi) is 5.72. The molecule has 7 heteroatoms. The van der Waals surface area contributed by atoms with Crippen LogP contribution in [0.1, 0.15) is 26.3 Å². The zero-order valence-electron chi connectivity index (χ0n) is 13.5. The number of benzene rings is 1. The molecule has 0 aliphatic carbocycles. The van der Waals surface area contributed by atoms with Crippen molar-refractivity contribution in [1.29, 1.82) is 0 Å². The van der Waals surface area contributed by atoms with Crippen molar-refractivity contribution in [2.24, 2.45) is 0 Å². The van der Waals surface area contributed by atoms with Gasteiger partial charge in [0.05, 0.1) is 24.6 Å². The first kappa shape index (κ1) is 18.7. The predicted molar refractivity (Wildman–Crippen MR) is 97.1 cm³/mol. The van der Waals surface area contributed by atoms with E-state index >= 15 is 0 Å². The topological polar surface area (TPSA) is 41.6 Å². The van der Waals surface area contributed by atoms with E-state index < -0.39 is 9.70 Å². The molecule has 0 spiro atoms. The smallest absolute Gasteiger partial charge is 0.276 e. The fourth-order valence-corrected chi connectivity index (χ4v) is 2.52. The Morgan fingerprint density at radius 3 is 2.30 bits per heavy atom. The third-order valence-corrected chi connectivity index (χ3v) is 4.23. The quantitative estimate of drug-likeness (QED) is 0.786. The van der Waals surface area contributed by atoms with Gasteiger partial charge in [0.2, 0.25) is 0 Å². The van der Waals surface area contributed by atoms with E-state index in [1.54, 1.807) is 0 Å². The molecule has 0 aromatic heterocycles. The molecule has 0 atom stereocenters. The lowest BCUT2D eigenvalue weighted by Crippen LogP contribution is -2.37. The highest BCUT2D eigenvalue weighted by Crippen LogP contribution is 2.35. The number of nitrogens with zero attached hydrogens (tertiary/aromatic N) is 1. The molecule has 23 heavy (non-hydrogen) atoms. The Bertz CT molecular complexity index is 574. The largest absolute Gasteiger partial charge is 0.378 e.